The van der Waals surface area contributed by atoms with Crippen LogP contribution >= 0.6 is 0 Å². The fourth-order valence-electron chi connectivity index (χ4n) is 0.913. The molecule has 0 aromatic heterocycles. The highest BCUT2D eigenvalue weighted by molar-refractivity contribution is 4.99. The van der Waals surface area contributed by atoms with E-state index >= 15 is 0 Å². The van der Waals surface area contributed by atoms with Gasteiger partial charge in [-0.15, -0.1) is 0 Å². The summed E-state index contributed by atoms with van der Waals surface area (Å²) < 4.78 is 20.4. The Labute approximate surface area is 83.5 Å². The van der Waals surface area contributed by atoms with Gasteiger partial charge in [0.15, 0.2) is 0 Å². The largest absolute Gasteiger partial charge is 0.371 e. The highest BCUT2D eigenvalue weighted by Crippen LogP contribution is 2.08. The van der Waals surface area contributed by atoms with E-state index < -0.39 is 0 Å². The maximum Gasteiger partial charge on any atom is 0.107 e. The monoisotopic (exact) mass is 198 g/mol. The smallest absolute Gasteiger partial charge is 0.107 e. The van der Waals surface area contributed by atoms with Gasteiger partial charge in [-0.1, -0.05) is 11.8 Å². The van der Waals surface area contributed by atoms with Crippen molar-refractivity contribution in [2.45, 2.75) is 12.2 Å². The Bertz CT molecular complexity index is 200. The van der Waals surface area contributed by atoms with Crippen molar-refractivity contribution >= 4 is 0 Å². The first kappa shape index (κ1) is 9.94. The summed E-state index contributed by atoms with van der Waals surface area (Å²) in [6.07, 6.45) is 0.639. The third-order valence-corrected chi connectivity index (χ3v) is 1.89. The third kappa shape index (κ3) is 4.58. The summed E-state index contributed by atoms with van der Waals surface area (Å²) in [6, 6.07) is 0. The van der Waals surface area contributed by atoms with Gasteiger partial charge in [0.2, 0.25) is 0 Å². The molecule has 2 saturated heterocycles. The van der Waals surface area contributed by atoms with Crippen LogP contribution in [0.15, 0.2) is 0 Å². The van der Waals surface area contributed by atoms with Crippen LogP contribution in [0.4, 0.5) is 0 Å². The van der Waals surface area contributed by atoms with Gasteiger partial charge in [0, 0.05) is 0 Å². The van der Waals surface area contributed by atoms with Crippen LogP contribution in [0.5, 0.6) is 0 Å². The molecule has 2 rings (SSSR count). The first-order chi connectivity index (χ1) is 6.95. The van der Waals surface area contributed by atoms with Gasteiger partial charge in [-0.25, -0.2) is 0 Å². The van der Waals surface area contributed by atoms with E-state index in [9.17, 15) is 0 Å². The van der Waals surface area contributed by atoms with Gasteiger partial charge in [0.25, 0.3) is 0 Å². The van der Waals surface area contributed by atoms with Crippen LogP contribution < -0.4 is 0 Å². The molecule has 2 fully saturated rings. The molecule has 4 heteroatoms. The van der Waals surface area contributed by atoms with Crippen molar-refractivity contribution in [2.75, 3.05) is 39.6 Å². The molecule has 78 valence electrons. The summed E-state index contributed by atoms with van der Waals surface area (Å²) in [5, 5.41) is 0. The van der Waals surface area contributed by atoms with Gasteiger partial charge in [-0.2, -0.15) is 0 Å². The second-order valence-electron chi connectivity index (χ2n) is 3.29. The lowest BCUT2D eigenvalue weighted by Gasteiger charge is -1.94. The van der Waals surface area contributed by atoms with Gasteiger partial charge in [0.1, 0.15) is 25.4 Å². The van der Waals surface area contributed by atoms with Gasteiger partial charge in [-0.3, -0.25) is 0 Å². The van der Waals surface area contributed by atoms with E-state index in [4.69, 9.17) is 18.9 Å². The van der Waals surface area contributed by atoms with Crippen molar-refractivity contribution in [1.82, 2.24) is 0 Å². The molecule has 0 aromatic carbocycles. The van der Waals surface area contributed by atoms with Crippen LogP contribution in [0.3, 0.4) is 0 Å². The summed E-state index contributed by atoms with van der Waals surface area (Å²) in [4.78, 5) is 0. The molecule has 2 aliphatic rings. The van der Waals surface area contributed by atoms with E-state index in [0.29, 0.717) is 38.6 Å². The molecular formula is C10H14O4. The molecule has 0 saturated carbocycles. The van der Waals surface area contributed by atoms with Crippen LogP contribution in [-0.4, -0.2) is 51.8 Å². The average molecular weight is 198 g/mol. The van der Waals surface area contributed by atoms with Crippen LogP contribution in [0.1, 0.15) is 0 Å². The van der Waals surface area contributed by atoms with Gasteiger partial charge in [-0.05, 0) is 0 Å². The second kappa shape index (κ2) is 5.32. The minimum Gasteiger partial charge on any atom is -0.371 e. The number of hydrogen-bond donors (Lipinski definition) is 0. The van der Waals surface area contributed by atoms with Gasteiger partial charge >= 0.3 is 0 Å². The van der Waals surface area contributed by atoms with Crippen LogP contribution in [0.25, 0.3) is 0 Å². The predicted molar refractivity (Wildman–Crippen MR) is 48.9 cm³/mol. The summed E-state index contributed by atoms with van der Waals surface area (Å²) in [5.74, 6) is 5.74. The van der Waals surface area contributed by atoms with E-state index in [2.05, 4.69) is 11.8 Å². The molecule has 14 heavy (non-hydrogen) atoms. The molecule has 2 heterocycles. The molecular weight excluding hydrogens is 184 g/mol. The first-order valence-corrected chi connectivity index (χ1v) is 4.79. The Kier molecular flexibility index (Phi) is 3.78. The van der Waals surface area contributed by atoms with Crippen molar-refractivity contribution in [3.8, 4) is 11.8 Å². The van der Waals surface area contributed by atoms with E-state index in [0.717, 1.165) is 13.2 Å². The number of rotatable bonds is 6. The zero-order chi connectivity index (χ0) is 9.64. The summed E-state index contributed by atoms with van der Waals surface area (Å²) in [7, 11) is 0. The Balaban J connectivity index is 1.36. The molecule has 0 aliphatic carbocycles. The predicted octanol–water partition coefficient (Wildman–Crippen LogP) is -0.179. The molecule has 2 aliphatic heterocycles. The summed E-state index contributed by atoms with van der Waals surface area (Å²) >= 11 is 0. The molecule has 0 N–H and O–H groups in total. The number of ether oxygens (including phenoxy) is 4. The summed E-state index contributed by atoms with van der Waals surface area (Å²) in [6.45, 7) is 3.90. The normalized spacial score (nSPS) is 28.0. The molecule has 0 aromatic rings. The van der Waals surface area contributed by atoms with Gasteiger partial charge < -0.3 is 18.9 Å². The van der Waals surface area contributed by atoms with Crippen LogP contribution in [-0.2, 0) is 18.9 Å². The topological polar surface area (TPSA) is 43.5 Å². The van der Waals surface area contributed by atoms with E-state index in [1.807, 2.05) is 0 Å². The average Bonchev–Trinajstić information content (AvgIpc) is 3.00. The Morgan fingerprint density at radius 2 is 1.36 bits per heavy atom. The minimum atomic E-state index is 0.320. The Morgan fingerprint density at radius 1 is 0.929 bits per heavy atom. The van der Waals surface area contributed by atoms with Crippen LogP contribution in [0, 0.1) is 11.8 Å². The maximum absolute atomic E-state index is 5.22. The lowest BCUT2D eigenvalue weighted by Crippen LogP contribution is -2.02. The van der Waals surface area contributed by atoms with Crippen molar-refractivity contribution < 1.29 is 18.9 Å². The Morgan fingerprint density at radius 3 is 1.71 bits per heavy atom. The fraction of sp³-hybridized carbons (Fsp3) is 0.800. The standard InChI is InChI=1S/C10H14O4/c1(3-11-5-9-7-13-9)2-4-12-6-10-8-14-10/h9-10H,3-8H2. The van der Waals surface area contributed by atoms with Gasteiger partial charge in [0.05, 0.1) is 26.4 Å². The van der Waals surface area contributed by atoms with E-state index in [-0.39, 0.29) is 0 Å². The second-order valence-corrected chi connectivity index (χ2v) is 3.29. The third-order valence-electron chi connectivity index (χ3n) is 1.89. The number of epoxide rings is 2. The zero-order valence-corrected chi connectivity index (χ0v) is 8.03. The Hall–Kier alpha value is -0.600. The molecule has 0 spiro atoms. The SMILES string of the molecule is C(#CCOCC1CO1)COCC1CO1. The van der Waals surface area contributed by atoms with Crippen molar-refractivity contribution in [3.63, 3.8) is 0 Å². The van der Waals surface area contributed by atoms with E-state index in [1.165, 1.54) is 0 Å². The minimum absolute atomic E-state index is 0.320. The number of hydrogen-bond acceptors (Lipinski definition) is 4. The van der Waals surface area contributed by atoms with Crippen molar-refractivity contribution in [3.05, 3.63) is 0 Å². The molecule has 2 atom stereocenters. The quantitative estimate of drug-likeness (QED) is 0.337. The lowest BCUT2D eigenvalue weighted by atomic mass is 10.5. The van der Waals surface area contributed by atoms with Crippen molar-refractivity contribution in [1.29, 1.82) is 0 Å². The van der Waals surface area contributed by atoms with Crippen molar-refractivity contribution in [2.24, 2.45) is 0 Å². The zero-order valence-electron chi connectivity index (χ0n) is 8.03. The fourth-order valence-corrected chi connectivity index (χ4v) is 0.913. The molecule has 2 unspecified atom stereocenters. The molecule has 0 radical (unpaired) electrons. The highest BCUT2D eigenvalue weighted by atomic mass is 16.6. The summed E-state index contributed by atoms with van der Waals surface area (Å²) in [5.41, 5.74) is 0. The molecule has 4 nitrogen and oxygen atoms in total. The molecule has 0 amide bonds. The first-order valence-electron chi connectivity index (χ1n) is 4.79. The lowest BCUT2D eigenvalue weighted by molar-refractivity contribution is 0.140. The van der Waals surface area contributed by atoms with E-state index in [1.54, 1.807) is 0 Å². The highest BCUT2D eigenvalue weighted by Gasteiger charge is 2.22. The molecule has 0 bridgehead atoms. The maximum atomic E-state index is 5.22. The van der Waals surface area contributed by atoms with Crippen LogP contribution in [0.2, 0.25) is 0 Å².